The summed E-state index contributed by atoms with van der Waals surface area (Å²) in [6, 6.07) is 8.93. The van der Waals surface area contributed by atoms with Gasteiger partial charge in [0.25, 0.3) is 0 Å². The number of carbonyl (C=O) groups is 1. The summed E-state index contributed by atoms with van der Waals surface area (Å²) in [5.74, 6) is -0.225. The molecule has 1 N–H and O–H groups in total. The Morgan fingerprint density at radius 3 is 2.52 bits per heavy atom. The highest BCUT2D eigenvalue weighted by Gasteiger charge is 2.31. The number of aromatic hydroxyl groups is 1. The molecule has 0 aromatic heterocycles. The van der Waals surface area contributed by atoms with Crippen molar-refractivity contribution in [3.63, 3.8) is 0 Å². The largest absolute Gasteiger partial charge is 0.507 e. The maximum atomic E-state index is 13.5. The molecule has 2 aromatic rings. The molecule has 1 heterocycles. The summed E-state index contributed by atoms with van der Waals surface area (Å²) in [5, 5.41) is 10.4. The zero-order chi connectivity index (χ0) is 20.8. The maximum absolute atomic E-state index is 13.5. The summed E-state index contributed by atoms with van der Waals surface area (Å²) in [6.07, 6.45) is 1.50. The van der Waals surface area contributed by atoms with Crippen LogP contribution in [0, 0.1) is 5.82 Å². The molecule has 2 aromatic carbocycles. The van der Waals surface area contributed by atoms with E-state index in [0.29, 0.717) is 55.3 Å². The number of halogens is 1. The molecule has 0 radical (unpaired) electrons. The Balaban J connectivity index is 1.89. The molecular weight excluding hydrogens is 377 g/mol. The van der Waals surface area contributed by atoms with Crippen molar-refractivity contribution in [2.45, 2.75) is 6.54 Å². The molecule has 6 nitrogen and oxygen atoms in total. The third-order valence-electron chi connectivity index (χ3n) is 4.67. The number of ether oxygens (including phenoxy) is 3. The first-order valence-electron chi connectivity index (χ1n) is 9.28. The molecule has 0 saturated heterocycles. The van der Waals surface area contributed by atoms with Gasteiger partial charge in [-0.3, -0.25) is 9.69 Å². The van der Waals surface area contributed by atoms with Crippen molar-refractivity contribution >= 4 is 11.9 Å². The van der Waals surface area contributed by atoms with Crippen LogP contribution in [0.25, 0.3) is 6.08 Å². The van der Waals surface area contributed by atoms with E-state index in [2.05, 4.69) is 0 Å². The second-order valence-corrected chi connectivity index (χ2v) is 6.70. The van der Waals surface area contributed by atoms with Crippen LogP contribution in [0.4, 0.5) is 4.39 Å². The van der Waals surface area contributed by atoms with Crippen LogP contribution in [0.3, 0.4) is 0 Å². The van der Waals surface area contributed by atoms with Gasteiger partial charge in [0.1, 0.15) is 17.3 Å². The van der Waals surface area contributed by atoms with Gasteiger partial charge in [0, 0.05) is 33.9 Å². The minimum Gasteiger partial charge on any atom is -0.507 e. The molecule has 1 aliphatic heterocycles. The van der Waals surface area contributed by atoms with Crippen LogP contribution >= 0.6 is 0 Å². The number of nitrogens with zero attached hydrogens (tertiary/aromatic N) is 1. The van der Waals surface area contributed by atoms with Crippen LogP contribution in [0.1, 0.15) is 21.5 Å². The Morgan fingerprint density at radius 1 is 1.14 bits per heavy atom. The van der Waals surface area contributed by atoms with Crippen molar-refractivity contribution < 1.29 is 28.5 Å². The fraction of sp³-hybridized carbons (Fsp3) is 0.318. The second-order valence-electron chi connectivity index (χ2n) is 6.70. The Hall–Kier alpha value is -2.74. The van der Waals surface area contributed by atoms with Crippen molar-refractivity contribution in [2.24, 2.45) is 0 Å². The van der Waals surface area contributed by atoms with Crippen molar-refractivity contribution in [3.05, 3.63) is 64.7 Å². The first kappa shape index (κ1) is 21.0. The molecule has 0 amide bonds. The summed E-state index contributed by atoms with van der Waals surface area (Å²) in [6.45, 7) is 2.65. The molecule has 7 heteroatoms. The molecule has 0 bridgehead atoms. The lowest BCUT2D eigenvalue weighted by atomic mass is 10.0. The van der Waals surface area contributed by atoms with Gasteiger partial charge in [-0.05, 0) is 35.9 Å². The number of fused-ring (bicyclic) bond motifs is 1. The molecule has 3 rings (SSSR count). The molecule has 0 saturated carbocycles. The van der Waals surface area contributed by atoms with E-state index in [-0.39, 0.29) is 17.3 Å². The third kappa shape index (κ3) is 5.00. The Labute approximate surface area is 169 Å². The van der Waals surface area contributed by atoms with Gasteiger partial charge in [0.05, 0.1) is 24.3 Å². The van der Waals surface area contributed by atoms with Crippen LogP contribution in [0.5, 0.6) is 11.5 Å². The van der Waals surface area contributed by atoms with Crippen LogP contribution in [0.2, 0.25) is 0 Å². The van der Waals surface area contributed by atoms with E-state index in [9.17, 15) is 14.3 Å². The van der Waals surface area contributed by atoms with Gasteiger partial charge in [-0.2, -0.15) is 0 Å². The van der Waals surface area contributed by atoms with E-state index in [1.807, 2.05) is 4.90 Å². The molecular formula is C22H24FNO5. The lowest BCUT2D eigenvalue weighted by Crippen LogP contribution is -2.30. The number of hydrogen-bond acceptors (Lipinski definition) is 6. The molecule has 29 heavy (non-hydrogen) atoms. The zero-order valence-electron chi connectivity index (χ0n) is 16.5. The van der Waals surface area contributed by atoms with Crippen LogP contribution in [-0.2, 0) is 16.0 Å². The van der Waals surface area contributed by atoms with E-state index < -0.39 is 5.82 Å². The van der Waals surface area contributed by atoms with Crippen molar-refractivity contribution in [1.82, 2.24) is 4.90 Å². The molecule has 0 aliphatic carbocycles. The summed E-state index contributed by atoms with van der Waals surface area (Å²) in [4.78, 5) is 14.8. The molecule has 0 atom stereocenters. The number of methoxy groups -OCH3 is 2. The minimum absolute atomic E-state index is 0.0448. The maximum Gasteiger partial charge on any atom is 0.231 e. The average Bonchev–Trinajstić information content (AvgIpc) is 3.01. The number of rotatable bonds is 9. The fourth-order valence-corrected chi connectivity index (χ4v) is 3.13. The number of Topliss-reactive ketones (excluding diaryl/α,β-unsaturated/α-hetero) is 1. The van der Waals surface area contributed by atoms with Gasteiger partial charge in [-0.1, -0.05) is 12.1 Å². The van der Waals surface area contributed by atoms with Crippen LogP contribution < -0.4 is 4.74 Å². The number of benzene rings is 2. The third-order valence-corrected chi connectivity index (χ3v) is 4.67. The normalized spacial score (nSPS) is 14.5. The van der Waals surface area contributed by atoms with Gasteiger partial charge in [-0.15, -0.1) is 0 Å². The SMILES string of the molecule is COCCN(CCOC)Cc1c(O)ccc2c1O/C(=C/c1cccc(F)c1)C2=O. The lowest BCUT2D eigenvalue weighted by molar-refractivity contribution is 0.101. The first-order chi connectivity index (χ1) is 14.0. The first-order valence-corrected chi connectivity index (χ1v) is 9.28. The van der Waals surface area contributed by atoms with Gasteiger partial charge >= 0.3 is 0 Å². The Kier molecular flexibility index (Phi) is 6.98. The lowest BCUT2D eigenvalue weighted by Gasteiger charge is -2.23. The molecule has 0 fully saturated rings. The Morgan fingerprint density at radius 2 is 1.86 bits per heavy atom. The summed E-state index contributed by atoms with van der Waals surface area (Å²) in [5.41, 5.74) is 1.42. The highest BCUT2D eigenvalue weighted by atomic mass is 19.1. The second kappa shape index (κ2) is 9.65. The standard InChI is InChI=1S/C22H24FNO5/c1-27-10-8-24(9-11-28-2)14-18-19(25)7-6-17-21(26)20(29-22(17)18)13-15-4-3-5-16(23)12-15/h3-7,12-13,25H,8-11,14H2,1-2H3/b20-13+. The van der Waals surface area contributed by atoms with E-state index in [0.717, 1.165) is 0 Å². The van der Waals surface area contributed by atoms with Gasteiger partial charge < -0.3 is 19.3 Å². The van der Waals surface area contributed by atoms with Gasteiger partial charge in [0.2, 0.25) is 5.78 Å². The van der Waals surface area contributed by atoms with Crippen molar-refractivity contribution in [2.75, 3.05) is 40.5 Å². The number of hydrogen-bond donors (Lipinski definition) is 1. The van der Waals surface area contributed by atoms with E-state index in [1.165, 1.54) is 30.3 Å². The highest BCUT2D eigenvalue weighted by molar-refractivity contribution is 6.15. The smallest absolute Gasteiger partial charge is 0.231 e. The molecule has 1 aliphatic rings. The number of allylic oxidation sites excluding steroid dienone is 1. The molecule has 0 spiro atoms. The number of carbonyl (C=O) groups excluding carboxylic acids is 1. The van der Waals surface area contributed by atoms with Gasteiger partial charge in [0.15, 0.2) is 5.76 Å². The predicted molar refractivity (Wildman–Crippen MR) is 106 cm³/mol. The number of phenolic OH excluding ortho intramolecular Hbond substituents is 1. The topological polar surface area (TPSA) is 68.2 Å². The van der Waals surface area contributed by atoms with E-state index in [4.69, 9.17) is 14.2 Å². The Bertz CT molecular complexity index is 904. The van der Waals surface area contributed by atoms with E-state index >= 15 is 0 Å². The summed E-state index contributed by atoms with van der Waals surface area (Å²) < 4.78 is 29.6. The van der Waals surface area contributed by atoms with Crippen molar-refractivity contribution in [3.8, 4) is 11.5 Å². The highest BCUT2D eigenvalue weighted by Crippen LogP contribution is 2.40. The predicted octanol–water partition coefficient (Wildman–Crippen LogP) is 3.24. The van der Waals surface area contributed by atoms with E-state index in [1.54, 1.807) is 26.4 Å². The zero-order valence-corrected chi connectivity index (χ0v) is 16.5. The summed E-state index contributed by atoms with van der Waals surface area (Å²) >= 11 is 0. The quantitative estimate of drug-likeness (QED) is 0.651. The molecule has 0 unspecified atom stereocenters. The van der Waals surface area contributed by atoms with Crippen molar-refractivity contribution in [1.29, 1.82) is 0 Å². The minimum atomic E-state index is -0.396. The average molecular weight is 401 g/mol. The number of phenols is 1. The number of ketones is 1. The fourth-order valence-electron chi connectivity index (χ4n) is 3.13. The van der Waals surface area contributed by atoms with Crippen LogP contribution in [0.15, 0.2) is 42.2 Å². The summed E-state index contributed by atoms with van der Waals surface area (Å²) in [7, 11) is 3.24. The molecule has 154 valence electrons. The van der Waals surface area contributed by atoms with Gasteiger partial charge in [-0.25, -0.2) is 4.39 Å². The monoisotopic (exact) mass is 401 g/mol. The van der Waals surface area contributed by atoms with Crippen LogP contribution in [-0.4, -0.2) is 56.3 Å².